The summed E-state index contributed by atoms with van der Waals surface area (Å²) in [5, 5.41) is 2.01. The second kappa shape index (κ2) is 6.93. The van der Waals surface area contributed by atoms with E-state index < -0.39 is 0 Å². The molecule has 4 aromatic rings. The smallest absolute Gasteiger partial charge is 0.193 e. The van der Waals surface area contributed by atoms with E-state index in [9.17, 15) is 9.59 Å². The van der Waals surface area contributed by atoms with E-state index in [1.54, 1.807) is 24.3 Å². The Morgan fingerprint density at radius 2 is 1.00 bits per heavy atom. The van der Waals surface area contributed by atoms with Crippen LogP contribution in [-0.4, -0.2) is 16.1 Å². The molecule has 3 nitrogen and oxygen atoms in total. The number of hydrogen-bond donors (Lipinski definition) is 0. The first-order valence-corrected chi connectivity index (χ1v) is 9.28. The van der Waals surface area contributed by atoms with E-state index in [0.717, 1.165) is 22.2 Å². The highest BCUT2D eigenvalue weighted by Gasteiger charge is 2.22. The number of carbonyl (C=O) groups is 2. The van der Waals surface area contributed by atoms with Crippen molar-refractivity contribution in [2.45, 2.75) is 13.8 Å². The third-order valence-electron chi connectivity index (χ3n) is 5.50. The lowest BCUT2D eigenvalue weighted by Crippen LogP contribution is -2.11. The Morgan fingerprint density at radius 1 is 0.643 bits per heavy atom. The van der Waals surface area contributed by atoms with Crippen molar-refractivity contribution in [1.82, 2.24) is 4.57 Å². The molecule has 0 N–H and O–H groups in total. The van der Waals surface area contributed by atoms with Gasteiger partial charge in [-0.2, -0.15) is 0 Å². The van der Waals surface area contributed by atoms with Gasteiger partial charge in [-0.25, -0.2) is 0 Å². The van der Waals surface area contributed by atoms with Gasteiger partial charge in [-0.15, -0.1) is 0 Å². The second-order valence-electron chi connectivity index (χ2n) is 7.06. The summed E-state index contributed by atoms with van der Waals surface area (Å²) < 4.78 is 2.10. The molecule has 0 aliphatic heterocycles. The summed E-state index contributed by atoms with van der Waals surface area (Å²) in [6.45, 7) is 4.07. The molecule has 0 saturated heterocycles. The van der Waals surface area contributed by atoms with Gasteiger partial charge in [0, 0.05) is 51.5 Å². The molecule has 0 amide bonds. The normalized spacial score (nSPS) is 11.0. The van der Waals surface area contributed by atoms with Gasteiger partial charge >= 0.3 is 0 Å². The van der Waals surface area contributed by atoms with Crippen molar-refractivity contribution in [2.24, 2.45) is 7.05 Å². The zero-order chi connectivity index (χ0) is 19.8. The molecule has 3 heteroatoms. The zero-order valence-electron chi connectivity index (χ0n) is 16.2. The summed E-state index contributed by atoms with van der Waals surface area (Å²) in [5.74, 6) is -0.273. The van der Waals surface area contributed by atoms with Crippen molar-refractivity contribution in [3.63, 3.8) is 0 Å². The van der Waals surface area contributed by atoms with Gasteiger partial charge in [0.25, 0.3) is 0 Å². The number of benzene rings is 3. The van der Waals surface area contributed by atoms with Gasteiger partial charge in [0.15, 0.2) is 11.6 Å². The van der Waals surface area contributed by atoms with E-state index in [2.05, 4.69) is 4.57 Å². The minimum absolute atomic E-state index is 0.136. The maximum absolute atomic E-state index is 13.3. The van der Waals surface area contributed by atoms with Crippen molar-refractivity contribution in [1.29, 1.82) is 0 Å². The third-order valence-corrected chi connectivity index (χ3v) is 5.50. The first-order chi connectivity index (χ1) is 13.5. The molecule has 0 aliphatic carbocycles. The number of fused-ring (bicyclic) bond motifs is 1. The summed E-state index contributed by atoms with van der Waals surface area (Å²) in [5.41, 5.74) is 4.20. The number of rotatable bonds is 4. The number of ketones is 2. The van der Waals surface area contributed by atoms with Crippen LogP contribution in [0.15, 0.2) is 72.8 Å². The fourth-order valence-electron chi connectivity index (χ4n) is 3.68. The Morgan fingerprint density at radius 3 is 1.36 bits per heavy atom. The Balaban J connectivity index is 1.99. The lowest BCUT2D eigenvalue weighted by Gasteiger charge is -2.10. The standard InChI is InChI=1S/C25H21NO2/c1-16-20-14-22(24(27)18-10-6-4-7-11-18)23(15-21(20)17(2)26(16)3)25(28)19-12-8-5-9-13-19/h4-15H,1-3H3. The van der Waals surface area contributed by atoms with E-state index >= 15 is 0 Å². The average molecular weight is 367 g/mol. The number of aromatic nitrogens is 1. The van der Waals surface area contributed by atoms with Crippen molar-refractivity contribution in [3.8, 4) is 0 Å². The molecule has 0 bridgehead atoms. The molecule has 0 saturated carbocycles. The Labute approximate surface area is 164 Å². The maximum Gasteiger partial charge on any atom is 0.193 e. The van der Waals surface area contributed by atoms with Crippen LogP contribution in [0.5, 0.6) is 0 Å². The fourth-order valence-corrected chi connectivity index (χ4v) is 3.68. The first kappa shape index (κ1) is 17.9. The highest BCUT2D eigenvalue weighted by atomic mass is 16.1. The molecule has 1 aromatic heterocycles. The monoisotopic (exact) mass is 367 g/mol. The summed E-state index contributed by atoms with van der Waals surface area (Å²) in [6.07, 6.45) is 0. The van der Waals surface area contributed by atoms with Crippen molar-refractivity contribution >= 4 is 22.3 Å². The molecule has 0 fully saturated rings. The van der Waals surface area contributed by atoms with Crippen LogP contribution in [0.2, 0.25) is 0 Å². The van der Waals surface area contributed by atoms with Crippen molar-refractivity contribution < 1.29 is 9.59 Å². The van der Waals surface area contributed by atoms with Gasteiger partial charge in [-0.3, -0.25) is 9.59 Å². The van der Waals surface area contributed by atoms with Gasteiger partial charge in [0.05, 0.1) is 0 Å². The van der Waals surface area contributed by atoms with Crippen molar-refractivity contribution in [3.05, 3.63) is 106 Å². The van der Waals surface area contributed by atoms with Gasteiger partial charge in [0.2, 0.25) is 0 Å². The fraction of sp³-hybridized carbons (Fsp3) is 0.120. The van der Waals surface area contributed by atoms with Crippen LogP contribution < -0.4 is 0 Å². The van der Waals surface area contributed by atoms with Crippen LogP contribution in [0.1, 0.15) is 43.2 Å². The highest BCUT2D eigenvalue weighted by Crippen LogP contribution is 2.30. The summed E-state index contributed by atoms with van der Waals surface area (Å²) >= 11 is 0. The third kappa shape index (κ3) is 2.85. The molecule has 138 valence electrons. The number of aryl methyl sites for hydroxylation is 2. The predicted molar refractivity (Wildman–Crippen MR) is 112 cm³/mol. The van der Waals surface area contributed by atoms with E-state index in [0.29, 0.717) is 22.3 Å². The minimum atomic E-state index is -0.136. The molecule has 0 unspecified atom stereocenters. The van der Waals surface area contributed by atoms with Crippen molar-refractivity contribution in [2.75, 3.05) is 0 Å². The van der Waals surface area contributed by atoms with Gasteiger partial charge in [0.1, 0.15) is 0 Å². The molecule has 0 aliphatic rings. The lowest BCUT2D eigenvalue weighted by molar-refractivity contribution is 0.100. The highest BCUT2D eigenvalue weighted by molar-refractivity contribution is 6.21. The summed E-state index contributed by atoms with van der Waals surface area (Å²) in [6, 6.07) is 22.0. The van der Waals surface area contributed by atoms with E-state index in [1.807, 2.05) is 69.4 Å². The first-order valence-electron chi connectivity index (χ1n) is 9.28. The van der Waals surface area contributed by atoms with Gasteiger partial charge < -0.3 is 4.57 Å². The largest absolute Gasteiger partial charge is 0.351 e. The number of carbonyl (C=O) groups excluding carboxylic acids is 2. The van der Waals surface area contributed by atoms with Crippen LogP contribution >= 0.6 is 0 Å². The van der Waals surface area contributed by atoms with Crippen LogP contribution in [0.3, 0.4) is 0 Å². The van der Waals surface area contributed by atoms with Gasteiger partial charge in [-0.1, -0.05) is 60.7 Å². The number of nitrogens with zero attached hydrogens (tertiary/aromatic N) is 1. The molecule has 0 radical (unpaired) electrons. The van der Waals surface area contributed by atoms with Gasteiger partial charge in [-0.05, 0) is 26.0 Å². The minimum Gasteiger partial charge on any atom is -0.351 e. The predicted octanol–water partition coefficient (Wildman–Crippen LogP) is 5.26. The van der Waals surface area contributed by atoms with E-state index in [4.69, 9.17) is 0 Å². The topological polar surface area (TPSA) is 39.1 Å². The second-order valence-corrected chi connectivity index (χ2v) is 7.06. The lowest BCUT2D eigenvalue weighted by atomic mass is 9.91. The van der Waals surface area contributed by atoms with E-state index in [1.165, 1.54) is 0 Å². The molecule has 0 atom stereocenters. The zero-order valence-corrected chi connectivity index (χ0v) is 16.2. The molecule has 3 aromatic carbocycles. The van der Waals surface area contributed by atoms with E-state index in [-0.39, 0.29) is 11.6 Å². The summed E-state index contributed by atoms with van der Waals surface area (Å²) in [4.78, 5) is 26.6. The molecule has 4 rings (SSSR count). The number of hydrogen-bond acceptors (Lipinski definition) is 2. The average Bonchev–Trinajstić information content (AvgIpc) is 2.96. The van der Waals surface area contributed by atoms with Crippen LogP contribution in [0.4, 0.5) is 0 Å². The molecule has 28 heavy (non-hydrogen) atoms. The Bertz CT molecular complexity index is 1110. The molecule has 1 heterocycles. The molecular weight excluding hydrogens is 346 g/mol. The summed E-state index contributed by atoms with van der Waals surface area (Å²) in [7, 11) is 2.00. The quantitative estimate of drug-likeness (QED) is 0.462. The van der Waals surface area contributed by atoms with Crippen LogP contribution in [-0.2, 0) is 7.05 Å². The SMILES string of the molecule is Cc1c2cc(C(=O)c3ccccc3)c(C(=O)c3ccccc3)cc2c(C)n1C. The molecular formula is C25H21NO2. The molecule has 0 spiro atoms. The Hall–Kier alpha value is -3.46. The Kier molecular flexibility index (Phi) is 4.44. The van der Waals surface area contributed by atoms with Crippen LogP contribution in [0, 0.1) is 13.8 Å². The maximum atomic E-state index is 13.3. The van der Waals surface area contributed by atoms with Crippen LogP contribution in [0.25, 0.3) is 10.8 Å².